The van der Waals surface area contributed by atoms with E-state index >= 15 is 0 Å². The zero-order chi connectivity index (χ0) is 24.8. The number of carbonyl (C=O) groups excluding carboxylic acids is 1. The molecule has 184 valence electrons. The Morgan fingerprint density at radius 3 is 2.73 bits per heavy atom. The van der Waals surface area contributed by atoms with Crippen molar-refractivity contribution in [2.24, 2.45) is 0 Å². The van der Waals surface area contributed by atoms with Crippen LogP contribution in [0.2, 0.25) is 0 Å². The lowest BCUT2D eigenvalue weighted by atomic mass is 10.1. The molecule has 7 rings (SSSR count). The number of carbonyl (C=O) groups is 1. The van der Waals surface area contributed by atoms with Crippen LogP contribution in [0.15, 0.2) is 77.8 Å². The number of hydrogen-bond donors (Lipinski definition) is 1. The summed E-state index contributed by atoms with van der Waals surface area (Å²) in [5, 5.41) is 8.17. The Morgan fingerprint density at radius 2 is 1.92 bits per heavy atom. The van der Waals surface area contributed by atoms with Gasteiger partial charge in [0, 0.05) is 42.6 Å². The molecule has 5 aromatic rings. The van der Waals surface area contributed by atoms with Crippen molar-refractivity contribution in [2.45, 2.75) is 38.0 Å². The lowest BCUT2D eigenvalue weighted by Crippen LogP contribution is -2.34. The van der Waals surface area contributed by atoms with E-state index in [1.165, 1.54) is 0 Å². The lowest BCUT2D eigenvalue weighted by molar-refractivity contribution is -0.0716. The standard InChI is InChI=1S/C28H23N5O4/c34-27(31-19-7-8-24-25(13-19)37-28(36-24)9-1-2-10-28)21-14-23(18-5-3-11-29-15-18)32-26-22(21)16-30-33(26)17-20-6-4-12-35-20/h3-8,11-16H,1-2,9-10,17H2,(H,31,34). The fraction of sp³-hybridized carbons (Fsp3) is 0.214. The highest BCUT2D eigenvalue weighted by Crippen LogP contribution is 2.47. The molecule has 1 N–H and O–H groups in total. The first-order valence-electron chi connectivity index (χ1n) is 12.3. The summed E-state index contributed by atoms with van der Waals surface area (Å²) in [5.41, 5.74) is 3.09. The lowest BCUT2D eigenvalue weighted by Gasteiger charge is -2.21. The number of furan rings is 1. The number of fused-ring (bicyclic) bond motifs is 2. The molecule has 1 aromatic carbocycles. The summed E-state index contributed by atoms with van der Waals surface area (Å²) in [7, 11) is 0. The van der Waals surface area contributed by atoms with Gasteiger partial charge in [0.25, 0.3) is 11.7 Å². The first-order chi connectivity index (χ1) is 18.2. The molecule has 2 aliphatic rings. The van der Waals surface area contributed by atoms with Crippen LogP contribution in [-0.2, 0) is 6.54 Å². The predicted octanol–water partition coefficient (Wildman–Crippen LogP) is 5.43. The topological polar surface area (TPSA) is 104 Å². The van der Waals surface area contributed by atoms with E-state index in [0.29, 0.717) is 46.0 Å². The van der Waals surface area contributed by atoms with Crippen LogP contribution in [0.25, 0.3) is 22.3 Å². The van der Waals surface area contributed by atoms with Gasteiger partial charge in [0.15, 0.2) is 17.1 Å². The maximum atomic E-state index is 13.6. The minimum Gasteiger partial charge on any atom is -0.467 e. The third-order valence-electron chi connectivity index (χ3n) is 6.86. The molecule has 9 heteroatoms. The number of nitrogens with zero attached hydrogens (tertiary/aromatic N) is 4. The number of pyridine rings is 2. The predicted molar refractivity (Wildman–Crippen MR) is 135 cm³/mol. The fourth-order valence-corrected chi connectivity index (χ4v) is 5.05. The molecule has 0 atom stereocenters. The molecule has 5 heterocycles. The number of hydrogen-bond acceptors (Lipinski definition) is 7. The average Bonchev–Trinajstić information content (AvgIpc) is 3.73. The number of nitrogens with one attached hydrogen (secondary N) is 1. The maximum Gasteiger partial charge on any atom is 0.256 e. The van der Waals surface area contributed by atoms with Crippen molar-refractivity contribution in [3.8, 4) is 22.8 Å². The molecule has 37 heavy (non-hydrogen) atoms. The summed E-state index contributed by atoms with van der Waals surface area (Å²) in [6, 6.07) is 14.7. The van der Waals surface area contributed by atoms with E-state index in [1.54, 1.807) is 35.6 Å². The van der Waals surface area contributed by atoms with E-state index in [1.807, 2.05) is 42.5 Å². The van der Waals surface area contributed by atoms with Crippen LogP contribution in [0.3, 0.4) is 0 Å². The van der Waals surface area contributed by atoms with Crippen LogP contribution in [0, 0.1) is 0 Å². The van der Waals surface area contributed by atoms with Gasteiger partial charge in [0.2, 0.25) is 0 Å². The second kappa shape index (κ2) is 8.48. The van der Waals surface area contributed by atoms with Gasteiger partial charge in [-0.3, -0.25) is 9.78 Å². The summed E-state index contributed by atoms with van der Waals surface area (Å²) in [6.45, 7) is 0.394. The zero-order valence-electron chi connectivity index (χ0n) is 19.9. The van der Waals surface area contributed by atoms with E-state index in [9.17, 15) is 4.79 Å². The SMILES string of the molecule is O=C(Nc1ccc2c(c1)OC1(CCCC1)O2)c1cc(-c2cccnc2)nc2c1cnn2Cc1ccco1. The van der Waals surface area contributed by atoms with Crippen molar-refractivity contribution in [1.82, 2.24) is 19.7 Å². The Labute approximate surface area is 212 Å². The van der Waals surface area contributed by atoms with Crippen LogP contribution in [0.5, 0.6) is 11.5 Å². The van der Waals surface area contributed by atoms with Gasteiger partial charge in [-0.1, -0.05) is 0 Å². The van der Waals surface area contributed by atoms with Crippen molar-refractivity contribution in [1.29, 1.82) is 0 Å². The highest BCUT2D eigenvalue weighted by Gasteiger charge is 2.44. The number of ether oxygens (including phenoxy) is 2. The number of benzene rings is 1. The van der Waals surface area contributed by atoms with Crippen LogP contribution >= 0.6 is 0 Å². The number of aromatic nitrogens is 4. The van der Waals surface area contributed by atoms with Crippen LogP contribution in [0.1, 0.15) is 41.8 Å². The molecule has 9 nitrogen and oxygen atoms in total. The smallest absolute Gasteiger partial charge is 0.256 e. The van der Waals surface area contributed by atoms with Crippen LogP contribution < -0.4 is 14.8 Å². The first kappa shape index (κ1) is 21.6. The number of amides is 1. The summed E-state index contributed by atoms with van der Waals surface area (Å²) in [4.78, 5) is 22.6. The Morgan fingerprint density at radius 1 is 1.03 bits per heavy atom. The van der Waals surface area contributed by atoms with Gasteiger partial charge < -0.3 is 19.2 Å². The normalized spacial score (nSPS) is 15.5. The zero-order valence-corrected chi connectivity index (χ0v) is 19.9. The molecule has 1 aliphatic carbocycles. The molecule has 1 aliphatic heterocycles. The Bertz CT molecular complexity index is 1600. The third kappa shape index (κ3) is 3.88. The molecule has 0 unspecified atom stereocenters. The summed E-state index contributed by atoms with van der Waals surface area (Å²) in [5.74, 6) is 1.28. The quantitative estimate of drug-likeness (QED) is 0.348. The minimum absolute atomic E-state index is 0.274. The van der Waals surface area contributed by atoms with Crippen molar-refractivity contribution in [3.05, 3.63) is 84.7 Å². The van der Waals surface area contributed by atoms with E-state index in [4.69, 9.17) is 18.9 Å². The fourth-order valence-electron chi connectivity index (χ4n) is 5.05. The molecular formula is C28H23N5O4. The molecule has 1 saturated carbocycles. The second-order valence-electron chi connectivity index (χ2n) is 9.35. The van der Waals surface area contributed by atoms with E-state index in [2.05, 4.69) is 15.4 Å². The van der Waals surface area contributed by atoms with Crippen molar-refractivity contribution >= 4 is 22.6 Å². The highest BCUT2D eigenvalue weighted by molar-refractivity contribution is 6.12. The van der Waals surface area contributed by atoms with E-state index in [-0.39, 0.29) is 5.91 Å². The van der Waals surface area contributed by atoms with Crippen LogP contribution in [-0.4, -0.2) is 31.4 Å². The molecular weight excluding hydrogens is 470 g/mol. The first-order valence-corrected chi connectivity index (χ1v) is 12.3. The molecule has 1 fully saturated rings. The third-order valence-corrected chi connectivity index (χ3v) is 6.86. The highest BCUT2D eigenvalue weighted by atomic mass is 16.7. The summed E-state index contributed by atoms with van der Waals surface area (Å²) < 4.78 is 19.5. The van der Waals surface area contributed by atoms with Gasteiger partial charge >= 0.3 is 0 Å². The van der Waals surface area contributed by atoms with Gasteiger partial charge in [0.05, 0.1) is 29.1 Å². The second-order valence-corrected chi connectivity index (χ2v) is 9.35. The van der Waals surface area contributed by atoms with E-state index in [0.717, 1.165) is 37.0 Å². The van der Waals surface area contributed by atoms with E-state index < -0.39 is 5.79 Å². The summed E-state index contributed by atoms with van der Waals surface area (Å²) >= 11 is 0. The summed E-state index contributed by atoms with van der Waals surface area (Å²) in [6.07, 6.45) is 10.6. The molecule has 4 aromatic heterocycles. The van der Waals surface area contributed by atoms with Gasteiger partial charge in [-0.15, -0.1) is 0 Å². The average molecular weight is 494 g/mol. The molecule has 1 spiro atoms. The van der Waals surface area contributed by atoms with Crippen molar-refractivity contribution < 1.29 is 18.7 Å². The van der Waals surface area contributed by atoms with Crippen molar-refractivity contribution in [3.63, 3.8) is 0 Å². The monoisotopic (exact) mass is 493 g/mol. The molecule has 1 amide bonds. The van der Waals surface area contributed by atoms with Crippen molar-refractivity contribution in [2.75, 3.05) is 5.32 Å². The Balaban J connectivity index is 1.24. The van der Waals surface area contributed by atoms with Gasteiger partial charge in [0.1, 0.15) is 12.3 Å². The molecule has 0 radical (unpaired) electrons. The Hall–Kier alpha value is -4.66. The Kier molecular flexibility index (Phi) is 4.95. The number of anilines is 1. The van der Waals surface area contributed by atoms with Crippen LogP contribution in [0.4, 0.5) is 5.69 Å². The minimum atomic E-state index is -0.552. The maximum absolute atomic E-state index is 13.6. The van der Waals surface area contributed by atoms with Gasteiger partial charge in [-0.25, -0.2) is 9.67 Å². The molecule has 0 bridgehead atoms. The largest absolute Gasteiger partial charge is 0.467 e. The van der Waals surface area contributed by atoms with Gasteiger partial charge in [-0.05, 0) is 55.3 Å². The van der Waals surface area contributed by atoms with Gasteiger partial charge in [-0.2, -0.15) is 5.10 Å². The molecule has 0 saturated heterocycles. The number of rotatable bonds is 5.